The Morgan fingerprint density at radius 2 is 1.81 bits per heavy atom. The third-order valence-electron chi connectivity index (χ3n) is 3.47. The van der Waals surface area contributed by atoms with E-state index in [0.29, 0.717) is 6.04 Å². The van der Waals surface area contributed by atoms with Crippen molar-refractivity contribution in [3.63, 3.8) is 0 Å². The second-order valence-corrected chi connectivity index (χ2v) is 5.94. The van der Waals surface area contributed by atoms with Crippen LogP contribution < -0.4 is 10.1 Å². The van der Waals surface area contributed by atoms with E-state index >= 15 is 0 Å². The lowest BCUT2D eigenvalue weighted by molar-refractivity contribution is 0.414. The molecule has 2 rings (SSSR count). The van der Waals surface area contributed by atoms with E-state index in [9.17, 15) is 0 Å². The summed E-state index contributed by atoms with van der Waals surface area (Å²) in [6.45, 7) is 7.18. The maximum Gasteiger partial charge on any atom is 0.119 e. The molecule has 0 spiro atoms. The average Bonchev–Trinajstić information content (AvgIpc) is 2.45. The van der Waals surface area contributed by atoms with Crippen LogP contribution in [0.3, 0.4) is 0 Å². The summed E-state index contributed by atoms with van der Waals surface area (Å²) in [4.78, 5) is 0. The minimum atomic E-state index is 0.465. The molecule has 0 atom stereocenters. The van der Waals surface area contributed by atoms with Crippen LogP contribution in [-0.2, 0) is 6.54 Å². The summed E-state index contributed by atoms with van der Waals surface area (Å²) in [5.74, 6) is 0.866. The van der Waals surface area contributed by atoms with Crippen molar-refractivity contribution >= 4 is 11.6 Å². The molecule has 0 bridgehead atoms. The van der Waals surface area contributed by atoms with E-state index in [2.05, 4.69) is 44.3 Å². The highest BCUT2D eigenvalue weighted by atomic mass is 35.5. The van der Waals surface area contributed by atoms with Crippen LogP contribution in [-0.4, -0.2) is 13.2 Å². The SMILES string of the molecule is COc1ccc(-c2ccc(CNC(C)C)cc2Cl)c(C)c1. The van der Waals surface area contributed by atoms with Crippen molar-refractivity contribution in [2.45, 2.75) is 33.4 Å². The van der Waals surface area contributed by atoms with E-state index < -0.39 is 0 Å². The van der Waals surface area contributed by atoms with Gasteiger partial charge in [-0.2, -0.15) is 0 Å². The maximum absolute atomic E-state index is 6.47. The number of nitrogens with one attached hydrogen (secondary N) is 1. The molecule has 0 radical (unpaired) electrons. The van der Waals surface area contributed by atoms with Crippen LogP contribution in [0.15, 0.2) is 36.4 Å². The number of hydrogen-bond donors (Lipinski definition) is 1. The molecule has 0 saturated heterocycles. The second kappa shape index (κ2) is 6.97. The Bertz CT molecular complexity index is 623. The smallest absolute Gasteiger partial charge is 0.119 e. The van der Waals surface area contributed by atoms with Crippen molar-refractivity contribution in [2.75, 3.05) is 7.11 Å². The zero-order chi connectivity index (χ0) is 15.4. The van der Waals surface area contributed by atoms with Gasteiger partial charge in [0.2, 0.25) is 0 Å². The molecule has 0 saturated carbocycles. The molecule has 2 aromatic rings. The van der Waals surface area contributed by atoms with Crippen molar-refractivity contribution in [2.24, 2.45) is 0 Å². The predicted molar refractivity (Wildman–Crippen MR) is 90.2 cm³/mol. The lowest BCUT2D eigenvalue weighted by atomic mass is 9.99. The van der Waals surface area contributed by atoms with Crippen LogP contribution >= 0.6 is 11.6 Å². The summed E-state index contributed by atoms with van der Waals surface area (Å²) >= 11 is 6.47. The van der Waals surface area contributed by atoms with Crippen LogP contribution in [0.1, 0.15) is 25.0 Å². The first-order valence-electron chi connectivity index (χ1n) is 7.18. The molecule has 0 fully saturated rings. The summed E-state index contributed by atoms with van der Waals surface area (Å²) in [5, 5.41) is 4.18. The number of methoxy groups -OCH3 is 1. The minimum absolute atomic E-state index is 0.465. The highest BCUT2D eigenvalue weighted by Crippen LogP contribution is 2.32. The van der Waals surface area contributed by atoms with E-state index in [1.807, 2.05) is 18.2 Å². The first-order valence-corrected chi connectivity index (χ1v) is 7.56. The Kier molecular flexibility index (Phi) is 5.27. The molecule has 21 heavy (non-hydrogen) atoms. The van der Waals surface area contributed by atoms with Gasteiger partial charge in [0.15, 0.2) is 0 Å². The molecule has 112 valence electrons. The molecule has 2 aromatic carbocycles. The molecule has 0 aliphatic carbocycles. The van der Waals surface area contributed by atoms with Gasteiger partial charge < -0.3 is 10.1 Å². The van der Waals surface area contributed by atoms with Crippen LogP contribution in [0.2, 0.25) is 5.02 Å². The Morgan fingerprint density at radius 3 is 2.38 bits per heavy atom. The van der Waals surface area contributed by atoms with Crippen LogP contribution in [0.25, 0.3) is 11.1 Å². The molecule has 0 unspecified atom stereocenters. The van der Waals surface area contributed by atoms with E-state index in [-0.39, 0.29) is 0 Å². The zero-order valence-corrected chi connectivity index (χ0v) is 13.8. The monoisotopic (exact) mass is 303 g/mol. The molecular weight excluding hydrogens is 282 g/mol. The fourth-order valence-electron chi connectivity index (χ4n) is 2.27. The molecule has 0 aliphatic heterocycles. The summed E-state index contributed by atoms with van der Waals surface area (Å²) in [5.41, 5.74) is 4.56. The lowest BCUT2D eigenvalue weighted by Gasteiger charge is -2.12. The molecule has 1 N–H and O–H groups in total. The molecule has 0 aliphatic rings. The summed E-state index contributed by atoms with van der Waals surface area (Å²) in [7, 11) is 1.68. The Labute approximate surface area is 132 Å². The van der Waals surface area contributed by atoms with Gasteiger partial charge in [-0.3, -0.25) is 0 Å². The van der Waals surface area contributed by atoms with Gasteiger partial charge in [0, 0.05) is 23.2 Å². The summed E-state index contributed by atoms with van der Waals surface area (Å²) in [6, 6.07) is 12.8. The minimum Gasteiger partial charge on any atom is -0.497 e. The van der Waals surface area contributed by atoms with Gasteiger partial charge in [-0.15, -0.1) is 0 Å². The topological polar surface area (TPSA) is 21.3 Å². The lowest BCUT2D eigenvalue weighted by Crippen LogP contribution is -2.21. The molecule has 3 heteroatoms. The van der Waals surface area contributed by atoms with E-state index in [1.54, 1.807) is 7.11 Å². The number of ether oxygens (including phenoxy) is 1. The van der Waals surface area contributed by atoms with Gasteiger partial charge in [0.05, 0.1) is 7.11 Å². The quantitative estimate of drug-likeness (QED) is 0.855. The van der Waals surface area contributed by atoms with Crippen LogP contribution in [0.4, 0.5) is 0 Å². The number of halogens is 1. The number of benzene rings is 2. The van der Waals surface area contributed by atoms with Crippen molar-refractivity contribution in [3.05, 3.63) is 52.5 Å². The number of aryl methyl sites for hydroxylation is 1. The summed E-state index contributed by atoms with van der Waals surface area (Å²) < 4.78 is 5.25. The average molecular weight is 304 g/mol. The Morgan fingerprint density at radius 1 is 1.10 bits per heavy atom. The number of rotatable bonds is 5. The van der Waals surface area contributed by atoms with Gasteiger partial charge in [0.25, 0.3) is 0 Å². The maximum atomic E-state index is 6.47. The molecule has 2 nitrogen and oxygen atoms in total. The fourth-order valence-corrected chi connectivity index (χ4v) is 2.58. The largest absolute Gasteiger partial charge is 0.497 e. The Hall–Kier alpha value is -1.51. The van der Waals surface area contributed by atoms with Gasteiger partial charge in [-0.25, -0.2) is 0 Å². The third kappa shape index (κ3) is 3.99. The third-order valence-corrected chi connectivity index (χ3v) is 3.78. The van der Waals surface area contributed by atoms with Crippen molar-refractivity contribution in [1.29, 1.82) is 0 Å². The standard InChI is InChI=1S/C18H22ClNO/c1-12(2)20-11-14-5-7-17(18(19)10-14)16-8-6-15(21-4)9-13(16)3/h5-10,12,20H,11H2,1-4H3. The van der Waals surface area contributed by atoms with E-state index in [0.717, 1.165) is 34.0 Å². The second-order valence-electron chi connectivity index (χ2n) is 5.53. The van der Waals surface area contributed by atoms with Gasteiger partial charge in [-0.05, 0) is 41.8 Å². The Balaban J connectivity index is 2.28. The first-order chi connectivity index (χ1) is 10.0. The fraction of sp³-hybridized carbons (Fsp3) is 0.333. The molecule has 0 amide bonds. The highest BCUT2D eigenvalue weighted by molar-refractivity contribution is 6.33. The molecular formula is C18H22ClNO. The predicted octanol–water partition coefficient (Wildman–Crippen LogP) is 4.82. The zero-order valence-electron chi connectivity index (χ0n) is 13.0. The van der Waals surface area contributed by atoms with E-state index in [1.165, 1.54) is 5.56 Å². The van der Waals surface area contributed by atoms with Crippen molar-refractivity contribution in [1.82, 2.24) is 5.32 Å². The number of hydrogen-bond acceptors (Lipinski definition) is 2. The van der Waals surface area contributed by atoms with Crippen LogP contribution in [0.5, 0.6) is 5.75 Å². The molecule has 0 aromatic heterocycles. The van der Waals surface area contributed by atoms with Crippen molar-refractivity contribution in [3.8, 4) is 16.9 Å². The molecule has 0 heterocycles. The van der Waals surface area contributed by atoms with E-state index in [4.69, 9.17) is 16.3 Å². The first kappa shape index (κ1) is 15.9. The van der Waals surface area contributed by atoms with Gasteiger partial charge in [-0.1, -0.05) is 43.6 Å². The summed E-state index contributed by atoms with van der Waals surface area (Å²) in [6.07, 6.45) is 0. The van der Waals surface area contributed by atoms with Crippen LogP contribution in [0, 0.1) is 6.92 Å². The highest BCUT2D eigenvalue weighted by Gasteiger charge is 2.08. The van der Waals surface area contributed by atoms with Gasteiger partial charge in [0.1, 0.15) is 5.75 Å². The normalized spacial score (nSPS) is 11.0. The van der Waals surface area contributed by atoms with Crippen molar-refractivity contribution < 1.29 is 4.74 Å². The van der Waals surface area contributed by atoms with Gasteiger partial charge >= 0.3 is 0 Å².